The van der Waals surface area contributed by atoms with Crippen LogP contribution < -0.4 is 5.32 Å². The van der Waals surface area contributed by atoms with E-state index in [1.54, 1.807) is 0 Å². The van der Waals surface area contributed by atoms with Crippen LogP contribution >= 0.6 is 0 Å². The molecule has 3 nitrogen and oxygen atoms in total. The summed E-state index contributed by atoms with van der Waals surface area (Å²) in [6.45, 7) is 5.58. The van der Waals surface area contributed by atoms with E-state index in [9.17, 15) is 13.2 Å². The van der Waals surface area contributed by atoms with E-state index in [0.29, 0.717) is 18.2 Å². The van der Waals surface area contributed by atoms with Crippen molar-refractivity contribution in [3.05, 3.63) is 17.5 Å². The Hall–Kier alpha value is -1.04. The van der Waals surface area contributed by atoms with Crippen LogP contribution in [0.2, 0.25) is 0 Å². The minimum atomic E-state index is -4.43. The quantitative estimate of drug-likeness (QED) is 0.846. The third kappa shape index (κ3) is 2.25. The van der Waals surface area contributed by atoms with E-state index in [-0.39, 0.29) is 12.8 Å². The molecule has 2 heterocycles. The van der Waals surface area contributed by atoms with Gasteiger partial charge in [0.2, 0.25) is 5.76 Å². The molecule has 2 atom stereocenters. The van der Waals surface area contributed by atoms with Crippen molar-refractivity contribution in [3.63, 3.8) is 0 Å². The van der Waals surface area contributed by atoms with Crippen molar-refractivity contribution in [2.45, 2.75) is 39.3 Å². The van der Waals surface area contributed by atoms with Crippen molar-refractivity contribution in [2.24, 2.45) is 5.92 Å². The number of aromatic nitrogens is 1. The van der Waals surface area contributed by atoms with Crippen LogP contribution in [0.25, 0.3) is 0 Å². The Kier molecular flexibility index (Phi) is 4.10. The van der Waals surface area contributed by atoms with Gasteiger partial charge in [0, 0.05) is 18.0 Å². The molecule has 104 valence electrons. The van der Waals surface area contributed by atoms with Gasteiger partial charge in [-0.05, 0) is 18.9 Å². The zero-order valence-electron chi connectivity index (χ0n) is 9.77. The lowest BCUT2D eigenvalue weighted by Crippen LogP contribution is -2.19. The van der Waals surface area contributed by atoms with E-state index in [2.05, 4.69) is 15.0 Å². The van der Waals surface area contributed by atoms with Gasteiger partial charge in [0.1, 0.15) is 0 Å². The first-order chi connectivity index (χ1) is 8.02. The van der Waals surface area contributed by atoms with Gasteiger partial charge in [-0.2, -0.15) is 13.2 Å². The minimum Gasteiger partial charge on any atom is -0.351 e. The molecule has 1 aliphatic carbocycles. The van der Waals surface area contributed by atoms with E-state index in [0.717, 1.165) is 19.0 Å². The lowest BCUT2D eigenvalue weighted by Gasteiger charge is -2.05. The summed E-state index contributed by atoms with van der Waals surface area (Å²) in [5.41, 5.74) is 0.275. The van der Waals surface area contributed by atoms with Gasteiger partial charge in [-0.1, -0.05) is 26.4 Å². The van der Waals surface area contributed by atoms with Gasteiger partial charge >= 0.3 is 6.18 Å². The summed E-state index contributed by atoms with van der Waals surface area (Å²) in [6.07, 6.45) is -3.51. The predicted octanol–water partition coefficient (Wildman–Crippen LogP) is 3.22. The number of hydrogen-bond acceptors (Lipinski definition) is 3. The summed E-state index contributed by atoms with van der Waals surface area (Å²) in [6, 6.07) is 1.03. The van der Waals surface area contributed by atoms with Crippen molar-refractivity contribution in [2.75, 3.05) is 13.1 Å². The summed E-state index contributed by atoms with van der Waals surface area (Å²) in [5, 5.41) is 6.69. The van der Waals surface area contributed by atoms with E-state index < -0.39 is 11.9 Å². The number of rotatable bonds is 1. The van der Waals surface area contributed by atoms with Crippen LogP contribution in [0, 0.1) is 5.92 Å². The fourth-order valence-corrected chi connectivity index (χ4v) is 2.38. The smallest absolute Gasteiger partial charge is 0.351 e. The van der Waals surface area contributed by atoms with Crippen LogP contribution in [-0.2, 0) is 11.6 Å². The minimum absolute atomic E-state index is 0. The molecule has 1 aromatic rings. The highest BCUT2D eigenvalue weighted by molar-refractivity contribution is 5.32. The lowest BCUT2D eigenvalue weighted by molar-refractivity contribution is -0.155. The van der Waals surface area contributed by atoms with Gasteiger partial charge in [0.25, 0.3) is 0 Å². The molecular weight excluding hydrogens is 245 g/mol. The molecular formula is C12H19F3N2O. The Morgan fingerprint density at radius 3 is 2.50 bits per heavy atom. The van der Waals surface area contributed by atoms with Crippen LogP contribution in [0.15, 0.2) is 10.6 Å². The van der Waals surface area contributed by atoms with E-state index in [1.807, 2.05) is 13.8 Å². The molecule has 6 heteroatoms. The van der Waals surface area contributed by atoms with Crippen LogP contribution in [0.5, 0.6) is 0 Å². The van der Waals surface area contributed by atoms with Crippen molar-refractivity contribution in [3.8, 4) is 0 Å². The molecule has 1 aromatic heterocycles. The van der Waals surface area contributed by atoms with Crippen molar-refractivity contribution in [1.29, 1.82) is 0 Å². The SMILES string of the molecule is C.CC.FC(F)(F)c1cc(C23CNCC2C3)no1. The number of alkyl halides is 3. The molecule has 1 saturated heterocycles. The Balaban J connectivity index is 0.000000516. The normalized spacial score (nSPS) is 28.8. The van der Waals surface area contributed by atoms with Crippen molar-refractivity contribution >= 4 is 0 Å². The molecule has 0 bridgehead atoms. The first-order valence-electron chi connectivity index (χ1n) is 5.77. The number of nitrogens with one attached hydrogen (secondary N) is 1. The zero-order valence-corrected chi connectivity index (χ0v) is 9.77. The predicted molar refractivity (Wildman–Crippen MR) is 62.2 cm³/mol. The van der Waals surface area contributed by atoms with E-state index in [4.69, 9.17) is 0 Å². The third-order valence-corrected chi connectivity index (χ3v) is 3.36. The number of hydrogen-bond donors (Lipinski definition) is 1. The molecule has 18 heavy (non-hydrogen) atoms. The molecule has 0 spiro atoms. The number of piperidine rings is 1. The second-order valence-electron chi connectivity index (χ2n) is 4.26. The molecule has 0 amide bonds. The maximum Gasteiger partial charge on any atom is 0.452 e. The molecule has 3 rings (SSSR count). The van der Waals surface area contributed by atoms with Crippen molar-refractivity contribution < 1.29 is 17.7 Å². The van der Waals surface area contributed by atoms with Gasteiger partial charge < -0.3 is 9.84 Å². The fraction of sp³-hybridized carbons (Fsp3) is 0.750. The number of halogens is 3. The number of nitrogens with zero attached hydrogens (tertiary/aromatic N) is 1. The number of fused-ring (bicyclic) bond motifs is 1. The summed E-state index contributed by atoms with van der Waals surface area (Å²) in [7, 11) is 0. The molecule has 1 aliphatic heterocycles. The molecule has 2 fully saturated rings. The van der Waals surface area contributed by atoms with E-state index >= 15 is 0 Å². The zero-order chi connectivity index (χ0) is 12.7. The van der Waals surface area contributed by atoms with Gasteiger partial charge in [-0.25, -0.2) is 0 Å². The van der Waals surface area contributed by atoms with Crippen LogP contribution in [0.4, 0.5) is 13.2 Å². The lowest BCUT2D eigenvalue weighted by atomic mass is 10.0. The van der Waals surface area contributed by atoms with Crippen LogP contribution in [-0.4, -0.2) is 18.2 Å². The first kappa shape index (κ1) is 15.0. The topological polar surface area (TPSA) is 38.1 Å². The summed E-state index contributed by atoms with van der Waals surface area (Å²) >= 11 is 0. The molecule has 2 unspecified atom stereocenters. The summed E-state index contributed by atoms with van der Waals surface area (Å²) in [5.74, 6) is -0.562. The largest absolute Gasteiger partial charge is 0.452 e. The second kappa shape index (κ2) is 4.91. The standard InChI is InChI=1S/C9H9F3N2O.C2H6.CH4/c10-9(11,12)7-1-6(14-15-7)8-2-5(8)3-13-4-8;1-2;/h1,5,13H,2-4H2;1-2H3;1H4. The summed E-state index contributed by atoms with van der Waals surface area (Å²) in [4.78, 5) is 0. The average Bonchev–Trinajstić information content (AvgIpc) is 2.75. The highest BCUT2D eigenvalue weighted by Crippen LogP contribution is 2.56. The Labute approximate surface area is 105 Å². The molecule has 0 aromatic carbocycles. The van der Waals surface area contributed by atoms with Gasteiger partial charge in [-0.3, -0.25) is 0 Å². The molecule has 2 aliphatic rings. The maximum atomic E-state index is 12.3. The van der Waals surface area contributed by atoms with Crippen molar-refractivity contribution in [1.82, 2.24) is 10.5 Å². The van der Waals surface area contributed by atoms with Gasteiger partial charge in [0.05, 0.1) is 5.69 Å². The highest BCUT2D eigenvalue weighted by atomic mass is 19.4. The Bertz CT molecular complexity index is 402. The van der Waals surface area contributed by atoms with Crippen LogP contribution in [0.1, 0.15) is 39.1 Å². The Morgan fingerprint density at radius 2 is 2.11 bits per heavy atom. The molecule has 1 N–H and O–H groups in total. The fourth-order valence-electron chi connectivity index (χ4n) is 2.38. The average molecular weight is 264 g/mol. The monoisotopic (exact) mass is 264 g/mol. The Morgan fingerprint density at radius 1 is 1.44 bits per heavy atom. The van der Waals surface area contributed by atoms with E-state index in [1.165, 1.54) is 0 Å². The van der Waals surface area contributed by atoms with Gasteiger partial charge in [-0.15, -0.1) is 0 Å². The van der Waals surface area contributed by atoms with Crippen LogP contribution in [0.3, 0.4) is 0 Å². The first-order valence-corrected chi connectivity index (χ1v) is 5.77. The second-order valence-corrected chi connectivity index (χ2v) is 4.26. The summed E-state index contributed by atoms with van der Waals surface area (Å²) < 4.78 is 41.2. The molecule has 0 radical (unpaired) electrons. The van der Waals surface area contributed by atoms with Gasteiger partial charge in [0.15, 0.2) is 0 Å². The highest BCUT2D eigenvalue weighted by Gasteiger charge is 2.60. The molecule has 1 saturated carbocycles. The maximum absolute atomic E-state index is 12.3. The third-order valence-electron chi connectivity index (χ3n) is 3.36.